The number of nitriles is 1. The van der Waals surface area contributed by atoms with Gasteiger partial charge in [0, 0.05) is 38.5 Å². The van der Waals surface area contributed by atoms with Crippen LogP contribution in [-0.4, -0.2) is 19.1 Å². The van der Waals surface area contributed by atoms with Gasteiger partial charge in [-0.3, -0.25) is 0 Å². The first kappa shape index (κ1) is 35.1. The monoisotopic (exact) mass is 747 g/mol. The Hall–Kier alpha value is -7.29. The molecule has 0 amide bonds. The lowest BCUT2D eigenvalue weighted by atomic mass is 9.97. The van der Waals surface area contributed by atoms with Gasteiger partial charge >= 0.3 is 0 Å². The van der Waals surface area contributed by atoms with Gasteiger partial charge in [0.2, 0.25) is 0 Å². The Labute approximate surface area is 338 Å². The highest BCUT2D eigenvalue weighted by molar-refractivity contribution is 6.12. The fourth-order valence-electron chi connectivity index (χ4n) is 9.13. The maximum Gasteiger partial charge on any atom is 0.159 e. The molecule has 3 heterocycles. The van der Waals surface area contributed by atoms with Crippen molar-refractivity contribution in [3.63, 3.8) is 0 Å². The maximum atomic E-state index is 11.5. The van der Waals surface area contributed by atoms with E-state index in [2.05, 4.69) is 176 Å². The van der Waals surface area contributed by atoms with Crippen LogP contribution in [0.3, 0.4) is 0 Å². The van der Waals surface area contributed by atoms with E-state index in [1.54, 1.807) is 0 Å². The molecule has 5 heteroatoms. The van der Waals surface area contributed by atoms with Crippen molar-refractivity contribution in [3.8, 4) is 51.1 Å². The van der Waals surface area contributed by atoms with Gasteiger partial charge in [-0.1, -0.05) is 108 Å². The van der Waals surface area contributed by atoms with Gasteiger partial charge in [-0.05, 0) is 117 Å². The lowest BCUT2D eigenvalue weighted by molar-refractivity contribution is 1.05. The molecule has 0 atom stereocenters. The van der Waals surface area contributed by atoms with E-state index >= 15 is 0 Å². The molecule has 5 nitrogen and oxygen atoms in total. The maximum absolute atomic E-state index is 11.5. The number of nitrogens with zero attached hydrogens (tertiary/aromatic N) is 5. The first-order valence-corrected chi connectivity index (χ1v) is 19.8. The molecule has 0 N–H and O–H groups in total. The molecule has 0 bridgehead atoms. The van der Waals surface area contributed by atoms with Crippen LogP contribution in [0.4, 0.5) is 0 Å². The Kier molecular flexibility index (Phi) is 8.14. The Morgan fingerprint density at radius 1 is 0.431 bits per heavy atom. The van der Waals surface area contributed by atoms with E-state index < -0.39 is 0 Å². The number of benzene rings is 7. The molecule has 278 valence electrons. The van der Waals surface area contributed by atoms with Crippen LogP contribution in [-0.2, 0) is 0 Å². The summed E-state index contributed by atoms with van der Waals surface area (Å²) in [4.78, 5) is 9.97. The zero-order valence-electron chi connectivity index (χ0n) is 33.5. The second-order valence-electron chi connectivity index (χ2n) is 15.8. The lowest BCUT2D eigenvalue weighted by Crippen LogP contribution is -2.06. The average molecular weight is 748 g/mol. The molecule has 0 saturated heterocycles. The van der Waals surface area contributed by atoms with E-state index in [0.29, 0.717) is 11.4 Å². The number of fused-ring (bicyclic) bond motifs is 6. The number of hydrogen-bond donors (Lipinski definition) is 0. The Morgan fingerprint density at radius 2 is 0.879 bits per heavy atom. The highest BCUT2D eigenvalue weighted by atomic mass is 15.0. The second kappa shape index (κ2) is 13.4. The molecule has 0 saturated carbocycles. The molecule has 0 spiro atoms. The van der Waals surface area contributed by atoms with Crippen LogP contribution in [0, 0.1) is 52.9 Å². The molecular formula is C53H41N5. The van der Waals surface area contributed by atoms with E-state index in [0.717, 1.165) is 83.1 Å². The van der Waals surface area contributed by atoms with E-state index in [1.165, 1.54) is 33.4 Å². The van der Waals surface area contributed by atoms with Crippen molar-refractivity contribution in [2.24, 2.45) is 0 Å². The number of para-hydroxylation sites is 2. The quantitative estimate of drug-likeness (QED) is 0.176. The van der Waals surface area contributed by atoms with E-state index in [4.69, 9.17) is 9.97 Å². The summed E-state index contributed by atoms with van der Waals surface area (Å²) >= 11 is 0. The lowest BCUT2D eigenvalue weighted by Gasteiger charge is -2.18. The highest BCUT2D eigenvalue weighted by Gasteiger charge is 2.24. The number of rotatable bonds is 5. The van der Waals surface area contributed by atoms with Gasteiger partial charge in [-0.2, -0.15) is 5.26 Å². The molecular weight excluding hydrogens is 707 g/mol. The topological polar surface area (TPSA) is 59.4 Å². The Bertz CT molecular complexity index is 3160. The smallest absolute Gasteiger partial charge is 0.159 e. The third-order valence-corrected chi connectivity index (χ3v) is 11.7. The molecule has 7 aromatic carbocycles. The van der Waals surface area contributed by atoms with Crippen molar-refractivity contribution in [1.29, 1.82) is 5.26 Å². The third kappa shape index (κ3) is 5.60. The van der Waals surface area contributed by atoms with E-state index in [-0.39, 0.29) is 0 Å². The van der Waals surface area contributed by atoms with Crippen LogP contribution in [0.2, 0.25) is 0 Å². The summed E-state index contributed by atoms with van der Waals surface area (Å²) in [5, 5.41) is 16.0. The Balaban J connectivity index is 1.34. The van der Waals surface area contributed by atoms with Crippen molar-refractivity contribution in [1.82, 2.24) is 19.1 Å². The molecule has 3 aromatic heterocycles. The standard InChI is InChI=1S/C53H41N5/c1-31-15-19-40(33(3)23-31)37-17-21-44-42-11-7-9-13-47(42)57(49(44)26-37)51-28-39(53-55-35(5)25-36(6)56-53)29-52(46(51)30-54)58-48-14-10-8-12-43(48)45-22-18-38(27-50(45)58)41-20-16-32(2)24-34(41)4/h7-29H,1-6H3. The molecule has 0 aliphatic heterocycles. The average Bonchev–Trinajstić information content (AvgIpc) is 3.72. The number of aromatic nitrogens is 4. The summed E-state index contributed by atoms with van der Waals surface area (Å²) < 4.78 is 4.56. The third-order valence-electron chi connectivity index (χ3n) is 11.7. The number of hydrogen-bond acceptors (Lipinski definition) is 3. The minimum Gasteiger partial charge on any atom is -0.308 e. The van der Waals surface area contributed by atoms with Crippen molar-refractivity contribution in [2.75, 3.05) is 0 Å². The van der Waals surface area contributed by atoms with Gasteiger partial charge < -0.3 is 9.13 Å². The largest absolute Gasteiger partial charge is 0.308 e. The molecule has 10 aromatic rings. The van der Waals surface area contributed by atoms with Crippen LogP contribution >= 0.6 is 0 Å². The first-order valence-electron chi connectivity index (χ1n) is 19.8. The van der Waals surface area contributed by atoms with Crippen LogP contribution in [0.5, 0.6) is 0 Å². The van der Waals surface area contributed by atoms with Crippen LogP contribution in [0.25, 0.3) is 88.6 Å². The summed E-state index contributed by atoms with van der Waals surface area (Å²) in [6.45, 7) is 12.6. The minimum absolute atomic E-state index is 0.562. The summed E-state index contributed by atoms with van der Waals surface area (Å²) in [5.41, 5.74) is 18.4. The minimum atomic E-state index is 0.562. The first-order chi connectivity index (χ1) is 28.2. The van der Waals surface area contributed by atoms with Gasteiger partial charge in [0.15, 0.2) is 5.82 Å². The molecule has 58 heavy (non-hydrogen) atoms. The molecule has 0 aliphatic rings. The van der Waals surface area contributed by atoms with Gasteiger partial charge in [0.25, 0.3) is 0 Å². The van der Waals surface area contributed by atoms with Crippen molar-refractivity contribution in [3.05, 3.63) is 179 Å². The summed E-state index contributed by atoms with van der Waals surface area (Å²) in [6.07, 6.45) is 0. The van der Waals surface area contributed by atoms with Crippen LogP contribution in [0.15, 0.2) is 140 Å². The van der Waals surface area contributed by atoms with E-state index in [1.807, 2.05) is 19.9 Å². The van der Waals surface area contributed by atoms with E-state index in [9.17, 15) is 5.26 Å². The fraction of sp³-hybridized carbons (Fsp3) is 0.113. The van der Waals surface area contributed by atoms with Gasteiger partial charge in [0.05, 0.1) is 33.4 Å². The molecule has 0 fully saturated rings. The summed E-state index contributed by atoms with van der Waals surface area (Å²) in [6, 6.07) is 52.7. The summed E-state index contributed by atoms with van der Waals surface area (Å²) in [5.74, 6) is 0.623. The molecule has 0 radical (unpaired) electrons. The van der Waals surface area contributed by atoms with Crippen LogP contribution in [0.1, 0.15) is 39.2 Å². The molecule has 10 rings (SSSR count). The van der Waals surface area contributed by atoms with Gasteiger partial charge in [-0.15, -0.1) is 0 Å². The van der Waals surface area contributed by atoms with Crippen molar-refractivity contribution >= 4 is 43.6 Å². The van der Waals surface area contributed by atoms with Gasteiger partial charge in [-0.25, -0.2) is 9.97 Å². The summed E-state index contributed by atoms with van der Waals surface area (Å²) in [7, 11) is 0. The Morgan fingerprint density at radius 3 is 1.33 bits per heavy atom. The zero-order chi connectivity index (χ0) is 39.8. The second-order valence-corrected chi connectivity index (χ2v) is 15.8. The van der Waals surface area contributed by atoms with Crippen molar-refractivity contribution < 1.29 is 0 Å². The normalized spacial score (nSPS) is 11.6. The fourth-order valence-corrected chi connectivity index (χ4v) is 9.13. The van der Waals surface area contributed by atoms with Crippen molar-refractivity contribution in [2.45, 2.75) is 41.5 Å². The molecule has 0 unspecified atom stereocenters. The highest BCUT2D eigenvalue weighted by Crippen LogP contribution is 2.42. The van der Waals surface area contributed by atoms with Gasteiger partial charge in [0.1, 0.15) is 11.6 Å². The predicted octanol–water partition coefficient (Wildman–Crippen LogP) is 13.4. The zero-order valence-corrected chi connectivity index (χ0v) is 33.5. The number of aryl methyl sites for hydroxylation is 6. The predicted molar refractivity (Wildman–Crippen MR) is 240 cm³/mol. The SMILES string of the molecule is Cc1ccc(-c2ccc3c4ccccc4n(-c4cc(-c5nc(C)cc(C)n5)cc(-n5c6ccccc6c6ccc(-c7ccc(C)cc7C)cc65)c4C#N)c3c2)c(C)c1. The molecule has 0 aliphatic carbocycles. The van der Waals surface area contributed by atoms with Crippen LogP contribution < -0.4 is 0 Å².